The Morgan fingerprint density at radius 1 is 1.05 bits per heavy atom. The lowest BCUT2D eigenvalue weighted by Gasteiger charge is -2.31. The van der Waals surface area contributed by atoms with Gasteiger partial charge in [-0.3, -0.25) is 9.11 Å². The fraction of sp³-hybridized carbons (Fsp3) is 0.167. The van der Waals surface area contributed by atoms with Gasteiger partial charge in [-0.25, -0.2) is 0 Å². The summed E-state index contributed by atoms with van der Waals surface area (Å²) >= 11 is 0. The molecule has 0 aromatic heterocycles. The van der Waals surface area contributed by atoms with E-state index < -0.39 is 30.4 Å². The van der Waals surface area contributed by atoms with Gasteiger partial charge in [-0.15, -0.1) is 0 Å². The summed E-state index contributed by atoms with van der Waals surface area (Å²) in [6.45, 7) is 0. The van der Waals surface area contributed by atoms with Crippen LogP contribution in [0.5, 0.6) is 0 Å². The number of benzene rings is 1. The molecule has 120 valence electrons. The van der Waals surface area contributed by atoms with E-state index in [0.717, 1.165) is 12.2 Å². The van der Waals surface area contributed by atoms with E-state index in [0.29, 0.717) is 16.8 Å². The Morgan fingerprint density at radius 3 is 2.05 bits per heavy atom. The minimum Gasteiger partial charge on any atom is -0.399 e. The zero-order chi connectivity index (χ0) is 16.8. The summed E-state index contributed by atoms with van der Waals surface area (Å²) in [6.07, 6.45) is 3.04. The summed E-state index contributed by atoms with van der Waals surface area (Å²) < 4.78 is 64.3. The van der Waals surface area contributed by atoms with Crippen LogP contribution in [0.15, 0.2) is 42.5 Å². The second-order valence-corrected chi connectivity index (χ2v) is 8.04. The molecular weight excluding hydrogens is 332 g/mol. The predicted molar refractivity (Wildman–Crippen MR) is 81.8 cm³/mol. The molecule has 6 N–H and O–H groups in total. The minimum atomic E-state index is -4.98. The monoisotopic (exact) mass is 346 g/mol. The maximum atomic E-state index is 11.5. The highest BCUT2D eigenvalue weighted by atomic mass is 32.2. The van der Waals surface area contributed by atoms with Gasteiger partial charge >= 0.3 is 0 Å². The quantitative estimate of drug-likeness (QED) is 0.440. The van der Waals surface area contributed by atoms with Crippen molar-refractivity contribution < 1.29 is 25.9 Å². The summed E-state index contributed by atoms with van der Waals surface area (Å²) in [5, 5.41) is -2.05. The van der Waals surface area contributed by atoms with E-state index in [4.69, 9.17) is 11.5 Å². The van der Waals surface area contributed by atoms with Gasteiger partial charge in [-0.2, -0.15) is 16.8 Å². The van der Waals surface area contributed by atoms with E-state index in [9.17, 15) is 25.9 Å². The van der Waals surface area contributed by atoms with Gasteiger partial charge in [0.1, 0.15) is 5.25 Å². The summed E-state index contributed by atoms with van der Waals surface area (Å²) in [5.74, 6) is 0. The van der Waals surface area contributed by atoms with Crippen LogP contribution in [0.2, 0.25) is 0 Å². The van der Waals surface area contributed by atoms with Gasteiger partial charge in [0.05, 0.1) is 0 Å². The number of hydrogen-bond donors (Lipinski definition) is 4. The smallest absolute Gasteiger partial charge is 0.289 e. The first-order valence-corrected chi connectivity index (χ1v) is 8.89. The van der Waals surface area contributed by atoms with E-state index in [-0.39, 0.29) is 0 Å². The highest BCUT2D eigenvalue weighted by Gasteiger charge is 2.51. The van der Waals surface area contributed by atoms with Crippen LogP contribution < -0.4 is 11.5 Å². The van der Waals surface area contributed by atoms with Crippen LogP contribution in [0, 0.1) is 0 Å². The fourth-order valence-corrected chi connectivity index (χ4v) is 4.28. The number of nitrogens with two attached hydrogens (primary N) is 2. The molecule has 0 heterocycles. The second-order valence-electron chi connectivity index (χ2n) is 4.84. The normalized spacial score (nSPS) is 25.8. The SMILES string of the molecule is Nc1ccc(C2=CC(S(=O)(=O)O)C(N)(S(=O)(=O)O)C=C2)cc1. The maximum Gasteiger partial charge on any atom is 0.289 e. The molecule has 0 aliphatic heterocycles. The number of rotatable bonds is 3. The van der Waals surface area contributed by atoms with Crippen molar-refractivity contribution in [3.8, 4) is 0 Å². The number of allylic oxidation sites excluding steroid dienone is 2. The van der Waals surface area contributed by atoms with Crippen molar-refractivity contribution in [3.05, 3.63) is 48.1 Å². The first-order chi connectivity index (χ1) is 9.95. The molecule has 0 bridgehead atoms. The highest BCUT2D eigenvalue weighted by Crippen LogP contribution is 2.32. The minimum absolute atomic E-state index is 0.312. The van der Waals surface area contributed by atoms with E-state index in [1.165, 1.54) is 6.08 Å². The molecule has 1 aromatic carbocycles. The van der Waals surface area contributed by atoms with Crippen molar-refractivity contribution in [2.45, 2.75) is 10.1 Å². The molecule has 0 amide bonds. The van der Waals surface area contributed by atoms with E-state index >= 15 is 0 Å². The Hall–Kier alpha value is -1.72. The molecule has 1 aromatic rings. The number of hydrogen-bond acceptors (Lipinski definition) is 6. The molecule has 0 saturated heterocycles. The van der Waals surface area contributed by atoms with Crippen molar-refractivity contribution in [2.75, 3.05) is 5.73 Å². The fourth-order valence-electron chi connectivity index (χ4n) is 2.08. The summed E-state index contributed by atoms with van der Waals surface area (Å²) in [6, 6.07) is 6.31. The molecular formula is C12H14N2O6S2. The third kappa shape index (κ3) is 2.91. The molecule has 22 heavy (non-hydrogen) atoms. The first-order valence-electron chi connectivity index (χ1n) is 5.94. The molecule has 10 heteroatoms. The molecule has 1 aliphatic carbocycles. The lowest BCUT2D eigenvalue weighted by molar-refractivity contribution is 0.428. The van der Waals surface area contributed by atoms with Crippen molar-refractivity contribution in [1.82, 2.24) is 0 Å². The van der Waals surface area contributed by atoms with Crippen molar-refractivity contribution in [3.63, 3.8) is 0 Å². The van der Waals surface area contributed by atoms with Crippen LogP contribution in [0.3, 0.4) is 0 Å². The predicted octanol–water partition coefficient (Wildman–Crippen LogP) is 0.0212. The van der Waals surface area contributed by atoms with Gasteiger partial charge in [0.15, 0.2) is 4.87 Å². The van der Waals surface area contributed by atoms with Gasteiger partial charge in [0.25, 0.3) is 20.2 Å². The van der Waals surface area contributed by atoms with Crippen LogP contribution in [0.25, 0.3) is 5.57 Å². The van der Waals surface area contributed by atoms with Gasteiger partial charge in [0, 0.05) is 5.69 Å². The molecule has 8 nitrogen and oxygen atoms in total. The third-order valence-electron chi connectivity index (χ3n) is 3.31. The van der Waals surface area contributed by atoms with Crippen molar-refractivity contribution in [2.24, 2.45) is 5.73 Å². The largest absolute Gasteiger partial charge is 0.399 e. The van der Waals surface area contributed by atoms with Gasteiger partial charge in [-0.1, -0.05) is 24.3 Å². The average Bonchev–Trinajstić information content (AvgIpc) is 2.38. The molecule has 2 rings (SSSR count). The summed E-state index contributed by atoms with van der Waals surface area (Å²) in [7, 11) is -9.87. The standard InChI is InChI=1S/C12H14N2O6S2/c13-10-3-1-8(2-4-10)9-5-6-12(14,22(18,19)20)11(7-9)21(15,16)17/h1-7,11H,13-14H2,(H,15,16,17)(H,18,19,20). The van der Waals surface area contributed by atoms with E-state index in [1.807, 2.05) is 0 Å². The van der Waals surface area contributed by atoms with Gasteiger partial charge < -0.3 is 11.5 Å². The Kier molecular flexibility index (Phi) is 3.92. The number of nitrogen functional groups attached to an aromatic ring is 1. The summed E-state index contributed by atoms with van der Waals surface area (Å²) in [5.41, 5.74) is 12.4. The third-order valence-corrected chi connectivity index (χ3v) is 5.91. The van der Waals surface area contributed by atoms with Crippen molar-refractivity contribution in [1.29, 1.82) is 0 Å². The second kappa shape index (κ2) is 5.18. The lowest BCUT2D eigenvalue weighted by atomic mass is 9.96. The van der Waals surface area contributed by atoms with Crippen molar-refractivity contribution >= 4 is 31.5 Å². The zero-order valence-electron chi connectivity index (χ0n) is 11.1. The Labute approximate surface area is 127 Å². The highest BCUT2D eigenvalue weighted by molar-refractivity contribution is 7.91. The van der Waals surface area contributed by atoms with Crippen LogP contribution in [-0.4, -0.2) is 36.1 Å². The summed E-state index contributed by atoms with van der Waals surface area (Å²) in [4.78, 5) is -2.67. The number of anilines is 1. The van der Waals surface area contributed by atoms with Gasteiger partial charge in [0.2, 0.25) is 0 Å². The van der Waals surface area contributed by atoms with Gasteiger partial charge in [-0.05, 0) is 29.3 Å². The Bertz CT molecular complexity index is 855. The maximum absolute atomic E-state index is 11.5. The topological polar surface area (TPSA) is 161 Å². The molecule has 0 fully saturated rings. The molecule has 2 atom stereocenters. The van der Waals surface area contributed by atoms with Crippen LogP contribution in [0.4, 0.5) is 5.69 Å². The van der Waals surface area contributed by atoms with E-state index in [1.54, 1.807) is 24.3 Å². The molecule has 1 aliphatic rings. The van der Waals surface area contributed by atoms with E-state index in [2.05, 4.69) is 0 Å². The average molecular weight is 346 g/mol. The zero-order valence-corrected chi connectivity index (χ0v) is 12.8. The molecule has 2 unspecified atom stereocenters. The van der Waals surface area contributed by atoms with Crippen LogP contribution in [0.1, 0.15) is 5.56 Å². The molecule has 0 saturated carbocycles. The molecule has 0 spiro atoms. The van der Waals surface area contributed by atoms with Crippen LogP contribution in [-0.2, 0) is 20.2 Å². The lowest BCUT2D eigenvalue weighted by Crippen LogP contribution is -2.58. The molecule has 0 radical (unpaired) electrons. The Morgan fingerprint density at radius 2 is 1.59 bits per heavy atom. The Balaban J connectivity index is 2.60. The first kappa shape index (κ1) is 16.6. The van der Waals surface area contributed by atoms with Crippen LogP contribution >= 0.6 is 0 Å².